The Balaban J connectivity index is 1.40. The monoisotopic (exact) mass is 417 g/mol. The van der Waals surface area contributed by atoms with E-state index in [1.165, 1.54) is 5.56 Å². The molecule has 6 heteroatoms. The summed E-state index contributed by atoms with van der Waals surface area (Å²) in [5.41, 5.74) is 4.12. The number of benzene rings is 1. The van der Waals surface area contributed by atoms with E-state index in [2.05, 4.69) is 41.0 Å². The van der Waals surface area contributed by atoms with Gasteiger partial charge < -0.3 is 4.90 Å². The third-order valence-corrected chi connectivity index (χ3v) is 5.91. The molecule has 1 saturated heterocycles. The van der Waals surface area contributed by atoms with E-state index >= 15 is 0 Å². The molecule has 0 atom stereocenters. The van der Waals surface area contributed by atoms with Crippen LogP contribution in [0.25, 0.3) is 5.82 Å². The maximum absolute atomic E-state index is 13.0. The number of anilines is 1. The van der Waals surface area contributed by atoms with Gasteiger partial charge in [0.25, 0.3) is 0 Å². The van der Waals surface area contributed by atoms with Crippen LogP contribution in [-0.2, 0) is 6.42 Å². The van der Waals surface area contributed by atoms with Gasteiger partial charge in [-0.15, -0.1) is 0 Å². The van der Waals surface area contributed by atoms with Gasteiger partial charge in [0.15, 0.2) is 11.6 Å². The molecule has 0 N–H and O–H groups in total. The second-order valence-electron chi connectivity index (χ2n) is 8.99. The van der Waals surface area contributed by atoms with Crippen molar-refractivity contribution in [2.24, 2.45) is 11.8 Å². The van der Waals surface area contributed by atoms with Crippen LogP contribution >= 0.6 is 0 Å². The topological polar surface area (TPSA) is 63.9 Å². The third-order valence-electron chi connectivity index (χ3n) is 5.91. The summed E-state index contributed by atoms with van der Waals surface area (Å²) in [6.45, 7) is 10.0. The van der Waals surface area contributed by atoms with Gasteiger partial charge in [0.2, 0.25) is 0 Å². The number of carbonyl (C=O) groups excluding carboxylic acids is 1. The Hall–Kier alpha value is -3.02. The molecule has 0 unspecified atom stereocenters. The lowest BCUT2D eigenvalue weighted by Crippen LogP contribution is -2.37. The number of rotatable bonds is 6. The summed E-state index contributed by atoms with van der Waals surface area (Å²) in [5.74, 6) is 2.52. The fourth-order valence-corrected chi connectivity index (χ4v) is 4.34. The van der Waals surface area contributed by atoms with Crippen LogP contribution in [0.4, 0.5) is 5.82 Å². The van der Waals surface area contributed by atoms with Crippen molar-refractivity contribution >= 4 is 11.6 Å². The molecule has 0 amide bonds. The maximum atomic E-state index is 13.0. The number of piperidine rings is 1. The highest BCUT2D eigenvalue weighted by Gasteiger charge is 2.26. The molecule has 1 aliphatic heterocycles. The van der Waals surface area contributed by atoms with Gasteiger partial charge in [0.05, 0.1) is 18.1 Å². The first-order valence-electron chi connectivity index (χ1n) is 11.1. The lowest BCUT2D eigenvalue weighted by molar-refractivity contribution is 0.0900. The highest BCUT2D eigenvalue weighted by molar-refractivity contribution is 5.98. The quantitative estimate of drug-likeness (QED) is 0.550. The molecular formula is C25H31N5O. The number of hydrogen-bond donors (Lipinski definition) is 0. The molecule has 3 heterocycles. The fourth-order valence-electron chi connectivity index (χ4n) is 4.34. The van der Waals surface area contributed by atoms with Gasteiger partial charge in [-0.05, 0) is 50.7 Å². The number of carbonyl (C=O) groups is 1. The summed E-state index contributed by atoms with van der Waals surface area (Å²) >= 11 is 0. The minimum atomic E-state index is 0.0688. The van der Waals surface area contributed by atoms with Crippen LogP contribution < -0.4 is 4.90 Å². The van der Waals surface area contributed by atoms with Crippen LogP contribution in [0, 0.1) is 25.7 Å². The van der Waals surface area contributed by atoms with E-state index in [-0.39, 0.29) is 11.7 Å². The SMILES string of the molecule is Cc1cc(C)n(-c2cncc(N3CCC(C(=O)c4ccc(CC(C)C)cc4)CC3)n2)n1. The highest BCUT2D eigenvalue weighted by atomic mass is 16.1. The first kappa shape index (κ1) is 21.2. The predicted octanol–water partition coefficient (Wildman–Crippen LogP) is 4.58. The van der Waals surface area contributed by atoms with Crippen LogP contribution in [0.2, 0.25) is 0 Å². The lowest BCUT2D eigenvalue weighted by Gasteiger charge is -2.32. The molecule has 0 radical (unpaired) electrons. The van der Waals surface area contributed by atoms with E-state index in [4.69, 9.17) is 4.98 Å². The second-order valence-corrected chi connectivity index (χ2v) is 8.99. The van der Waals surface area contributed by atoms with Gasteiger partial charge in [0.1, 0.15) is 5.82 Å². The Labute approximate surface area is 184 Å². The number of aromatic nitrogens is 4. The van der Waals surface area contributed by atoms with E-state index in [0.29, 0.717) is 5.92 Å². The molecule has 31 heavy (non-hydrogen) atoms. The predicted molar refractivity (Wildman–Crippen MR) is 123 cm³/mol. The average molecular weight is 418 g/mol. The third kappa shape index (κ3) is 4.84. The summed E-state index contributed by atoms with van der Waals surface area (Å²) in [6, 6.07) is 10.2. The zero-order chi connectivity index (χ0) is 22.0. The number of aryl methyl sites for hydroxylation is 2. The van der Waals surface area contributed by atoms with Gasteiger partial charge in [-0.25, -0.2) is 9.67 Å². The van der Waals surface area contributed by atoms with Crippen molar-refractivity contribution in [3.63, 3.8) is 0 Å². The first-order valence-corrected chi connectivity index (χ1v) is 11.1. The maximum Gasteiger partial charge on any atom is 0.174 e. The van der Waals surface area contributed by atoms with Crippen LogP contribution in [0.15, 0.2) is 42.7 Å². The summed E-state index contributed by atoms with van der Waals surface area (Å²) in [7, 11) is 0. The molecular weight excluding hydrogens is 386 g/mol. The van der Waals surface area contributed by atoms with Crippen molar-refractivity contribution < 1.29 is 4.79 Å². The zero-order valence-corrected chi connectivity index (χ0v) is 18.9. The van der Waals surface area contributed by atoms with Gasteiger partial charge in [0, 0.05) is 30.3 Å². The number of Topliss-reactive ketones (excluding diaryl/α,β-unsaturated/α-hetero) is 1. The minimum absolute atomic E-state index is 0.0688. The van der Waals surface area contributed by atoms with Crippen LogP contribution in [0.5, 0.6) is 0 Å². The van der Waals surface area contributed by atoms with E-state index in [9.17, 15) is 4.79 Å². The smallest absolute Gasteiger partial charge is 0.174 e. The molecule has 2 aromatic heterocycles. The lowest BCUT2D eigenvalue weighted by atomic mass is 9.88. The Kier molecular flexibility index (Phi) is 6.16. The van der Waals surface area contributed by atoms with Gasteiger partial charge in [-0.2, -0.15) is 5.10 Å². The molecule has 162 valence electrons. The Morgan fingerprint density at radius 3 is 2.35 bits per heavy atom. The van der Waals surface area contributed by atoms with E-state index in [1.54, 1.807) is 12.4 Å². The normalized spacial score (nSPS) is 14.9. The zero-order valence-electron chi connectivity index (χ0n) is 18.9. The number of ketones is 1. The first-order chi connectivity index (χ1) is 14.9. The molecule has 1 aliphatic rings. The van der Waals surface area contributed by atoms with Crippen molar-refractivity contribution in [2.75, 3.05) is 18.0 Å². The summed E-state index contributed by atoms with van der Waals surface area (Å²) in [6.07, 6.45) is 6.24. The van der Waals surface area contributed by atoms with Crippen LogP contribution in [0.3, 0.4) is 0 Å². The van der Waals surface area contributed by atoms with E-state index in [0.717, 1.165) is 60.9 Å². The van der Waals surface area contributed by atoms with Crippen molar-refractivity contribution in [1.82, 2.24) is 19.7 Å². The summed E-state index contributed by atoms with van der Waals surface area (Å²) in [4.78, 5) is 24.4. The minimum Gasteiger partial charge on any atom is -0.355 e. The van der Waals surface area contributed by atoms with Crippen molar-refractivity contribution in [1.29, 1.82) is 0 Å². The van der Waals surface area contributed by atoms with Crippen molar-refractivity contribution in [2.45, 2.75) is 47.0 Å². The van der Waals surface area contributed by atoms with Crippen LogP contribution in [0.1, 0.15) is 54.0 Å². The standard InChI is InChI=1S/C25H31N5O/c1-17(2)13-20-5-7-21(8-6-20)25(31)22-9-11-29(12-10-22)23-15-26-16-24(27-23)30-19(4)14-18(3)28-30/h5-8,14-17,22H,9-13H2,1-4H3. The number of hydrogen-bond acceptors (Lipinski definition) is 5. The van der Waals surface area contributed by atoms with Gasteiger partial charge in [-0.1, -0.05) is 38.1 Å². The largest absolute Gasteiger partial charge is 0.355 e. The molecule has 3 aromatic rings. The van der Waals surface area contributed by atoms with Crippen molar-refractivity contribution in [3.8, 4) is 5.82 Å². The molecule has 1 aromatic carbocycles. The average Bonchev–Trinajstić information content (AvgIpc) is 3.11. The Bertz CT molecular complexity index is 1050. The fraction of sp³-hybridized carbons (Fsp3) is 0.440. The molecule has 1 fully saturated rings. The second kappa shape index (κ2) is 9.00. The molecule has 6 nitrogen and oxygen atoms in total. The molecule has 4 rings (SSSR count). The highest BCUT2D eigenvalue weighted by Crippen LogP contribution is 2.25. The Morgan fingerprint density at radius 1 is 1.06 bits per heavy atom. The Morgan fingerprint density at radius 2 is 1.74 bits per heavy atom. The number of nitrogens with zero attached hydrogens (tertiary/aromatic N) is 5. The summed E-state index contributed by atoms with van der Waals surface area (Å²) in [5, 5.41) is 4.51. The van der Waals surface area contributed by atoms with Crippen molar-refractivity contribution in [3.05, 3.63) is 65.2 Å². The summed E-state index contributed by atoms with van der Waals surface area (Å²) < 4.78 is 1.82. The van der Waals surface area contributed by atoms with E-state index < -0.39 is 0 Å². The molecule has 0 aliphatic carbocycles. The molecule has 0 bridgehead atoms. The van der Waals surface area contributed by atoms with E-state index in [1.807, 2.05) is 36.7 Å². The van der Waals surface area contributed by atoms with Crippen LogP contribution in [-0.4, -0.2) is 38.6 Å². The molecule has 0 saturated carbocycles. The van der Waals surface area contributed by atoms with Gasteiger partial charge >= 0.3 is 0 Å². The van der Waals surface area contributed by atoms with Gasteiger partial charge in [-0.3, -0.25) is 9.78 Å². The molecule has 0 spiro atoms.